The van der Waals surface area contributed by atoms with Crippen molar-refractivity contribution in [3.63, 3.8) is 0 Å². The minimum absolute atomic E-state index is 0.139. The molecule has 0 N–H and O–H groups in total. The predicted molar refractivity (Wildman–Crippen MR) is 125 cm³/mol. The van der Waals surface area contributed by atoms with Gasteiger partial charge in [0.2, 0.25) is 5.13 Å². The number of carbonyl (C=O) groups excluding carboxylic acids is 1. The molecule has 2 heterocycles. The standard InChI is InChI=1S/C25H24N2O4S/c1-5-30-23(28)12-18-14-32-25(26-18)27-20-13-21(17-6-8-19(29-4)9-7-17)31-22-11-15(2)10-16(3)24(20)22/h6-11,13-14H,5,12H2,1-4H3/b27-20+. The van der Waals surface area contributed by atoms with E-state index in [1.54, 1.807) is 14.0 Å². The number of esters is 1. The molecule has 164 valence electrons. The van der Waals surface area contributed by atoms with Gasteiger partial charge in [0.15, 0.2) is 0 Å². The zero-order valence-electron chi connectivity index (χ0n) is 18.5. The van der Waals surface area contributed by atoms with Gasteiger partial charge in [-0.05, 0) is 62.2 Å². The van der Waals surface area contributed by atoms with E-state index >= 15 is 0 Å². The van der Waals surface area contributed by atoms with Crippen LogP contribution in [0.5, 0.6) is 5.75 Å². The molecule has 0 saturated carbocycles. The summed E-state index contributed by atoms with van der Waals surface area (Å²) in [6.45, 7) is 6.23. The Kier molecular flexibility index (Phi) is 6.37. The van der Waals surface area contributed by atoms with Crippen LogP contribution in [-0.4, -0.2) is 24.7 Å². The van der Waals surface area contributed by atoms with Crippen LogP contribution in [0.2, 0.25) is 0 Å². The second-order valence-corrected chi connectivity index (χ2v) is 8.23. The molecule has 2 aromatic carbocycles. The van der Waals surface area contributed by atoms with Crippen molar-refractivity contribution >= 4 is 33.4 Å². The highest BCUT2D eigenvalue weighted by molar-refractivity contribution is 7.13. The van der Waals surface area contributed by atoms with E-state index in [0.717, 1.165) is 38.8 Å². The molecular weight excluding hydrogens is 424 g/mol. The number of hydrogen-bond acceptors (Lipinski definition) is 7. The number of fused-ring (bicyclic) bond motifs is 1. The molecule has 0 amide bonds. The maximum atomic E-state index is 11.8. The lowest BCUT2D eigenvalue weighted by Gasteiger charge is -2.08. The number of ether oxygens (including phenoxy) is 2. The first-order valence-corrected chi connectivity index (χ1v) is 11.2. The first-order valence-electron chi connectivity index (χ1n) is 10.3. The van der Waals surface area contributed by atoms with E-state index in [0.29, 0.717) is 23.2 Å². The highest BCUT2D eigenvalue weighted by Gasteiger charge is 2.12. The molecule has 0 radical (unpaired) electrons. The summed E-state index contributed by atoms with van der Waals surface area (Å²) >= 11 is 1.40. The smallest absolute Gasteiger partial charge is 0.311 e. The van der Waals surface area contributed by atoms with Gasteiger partial charge in [-0.25, -0.2) is 9.98 Å². The highest BCUT2D eigenvalue weighted by atomic mass is 32.1. The van der Waals surface area contributed by atoms with Crippen molar-refractivity contribution < 1.29 is 18.7 Å². The van der Waals surface area contributed by atoms with Crippen LogP contribution in [0.4, 0.5) is 5.13 Å². The lowest BCUT2D eigenvalue weighted by molar-refractivity contribution is -0.142. The third-order valence-corrected chi connectivity index (χ3v) is 5.73. The largest absolute Gasteiger partial charge is 0.497 e. The van der Waals surface area contributed by atoms with E-state index in [9.17, 15) is 4.79 Å². The number of nitrogens with zero attached hydrogens (tertiary/aromatic N) is 2. The number of methoxy groups -OCH3 is 1. The summed E-state index contributed by atoms with van der Waals surface area (Å²) in [6, 6.07) is 13.8. The molecule has 0 aliphatic carbocycles. The molecule has 4 rings (SSSR count). The van der Waals surface area contributed by atoms with Crippen LogP contribution >= 0.6 is 11.3 Å². The fourth-order valence-electron chi connectivity index (χ4n) is 3.56. The van der Waals surface area contributed by atoms with Gasteiger partial charge >= 0.3 is 5.97 Å². The van der Waals surface area contributed by atoms with Gasteiger partial charge in [-0.3, -0.25) is 4.79 Å². The average molecular weight is 449 g/mol. The van der Waals surface area contributed by atoms with E-state index in [4.69, 9.17) is 18.9 Å². The lowest BCUT2D eigenvalue weighted by Crippen LogP contribution is -2.07. The molecule has 0 atom stereocenters. The van der Waals surface area contributed by atoms with E-state index < -0.39 is 0 Å². The van der Waals surface area contributed by atoms with Gasteiger partial charge < -0.3 is 13.9 Å². The summed E-state index contributed by atoms with van der Waals surface area (Å²) in [4.78, 5) is 21.1. The SMILES string of the molecule is CCOC(=O)Cc1csc(/N=c2\cc(-c3ccc(OC)cc3)oc3cc(C)cc(C)c23)n1. The van der Waals surface area contributed by atoms with Crippen LogP contribution in [0, 0.1) is 13.8 Å². The van der Waals surface area contributed by atoms with Crippen molar-refractivity contribution in [2.45, 2.75) is 27.2 Å². The number of hydrogen-bond donors (Lipinski definition) is 0. The monoisotopic (exact) mass is 448 g/mol. The van der Waals surface area contributed by atoms with E-state index in [1.807, 2.05) is 55.6 Å². The molecule has 0 saturated heterocycles. The summed E-state index contributed by atoms with van der Waals surface area (Å²) < 4.78 is 16.5. The van der Waals surface area contributed by atoms with Crippen LogP contribution in [0.1, 0.15) is 23.7 Å². The molecular formula is C25H24N2O4S. The number of aromatic nitrogens is 1. The Balaban J connectivity index is 1.83. The van der Waals surface area contributed by atoms with E-state index in [2.05, 4.69) is 11.1 Å². The number of thiazole rings is 1. The Hall–Kier alpha value is -3.45. The molecule has 0 fully saturated rings. The molecule has 0 aliphatic heterocycles. The Labute approximate surface area is 190 Å². The van der Waals surface area contributed by atoms with Gasteiger partial charge in [0.1, 0.15) is 17.1 Å². The summed E-state index contributed by atoms with van der Waals surface area (Å²) in [5.41, 5.74) is 4.53. The Morgan fingerprint density at radius 2 is 1.94 bits per heavy atom. The zero-order valence-corrected chi connectivity index (χ0v) is 19.3. The van der Waals surface area contributed by atoms with E-state index in [1.165, 1.54) is 11.3 Å². The Morgan fingerprint density at radius 3 is 2.66 bits per heavy atom. The second kappa shape index (κ2) is 9.36. The van der Waals surface area contributed by atoms with Gasteiger partial charge in [-0.15, -0.1) is 11.3 Å². The van der Waals surface area contributed by atoms with Crippen molar-refractivity contribution in [1.29, 1.82) is 0 Å². The van der Waals surface area contributed by atoms with Crippen molar-refractivity contribution in [2.24, 2.45) is 4.99 Å². The van der Waals surface area contributed by atoms with Gasteiger partial charge in [0.25, 0.3) is 0 Å². The second-order valence-electron chi connectivity index (χ2n) is 7.39. The fourth-order valence-corrected chi connectivity index (χ4v) is 4.26. The Morgan fingerprint density at radius 1 is 1.16 bits per heavy atom. The van der Waals surface area contributed by atoms with Crippen molar-refractivity contribution in [3.05, 3.63) is 70.0 Å². The molecule has 2 aromatic heterocycles. The normalized spacial score (nSPS) is 11.7. The van der Waals surface area contributed by atoms with Gasteiger partial charge in [0, 0.05) is 22.4 Å². The quantitative estimate of drug-likeness (QED) is 0.363. The average Bonchev–Trinajstić information content (AvgIpc) is 3.19. The van der Waals surface area contributed by atoms with Gasteiger partial charge in [-0.1, -0.05) is 6.07 Å². The van der Waals surface area contributed by atoms with Crippen LogP contribution in [0.15, 0.2) is 57.3 Å². The van der Waals surface area contributed by atoms with E-state index in [-0.39, 0.29) is 12.4 Å². The molecule has 4 aromatic rings. The summed E-state index contributed by atoms with van der Waals surface area (Å²) in [6.07, 6.45) is 0.139. The minimum Gasteiger partial charge on any atom is -0.497 e. The fraction of sp³-hybridized carbons (Fsp3) is 0.240. The summed E-state index contributed by atoms with van der Waals surface area (Å²) in [5, 5.41) is 4.13. The molecule has 6 nitrogen and oxygen atoms in total. The number of benzene rings is 2. The number of rotatable bonds is 6. The van der Waals surface area contributed by atoms with Crippen molar-refractivity contribution in [1.82, 2.24) is 4.98 Å². The summed E-state index contributed by atoms with van der Waals surface area (Å²) in [5.74, 6) is 1.19. The third kappa shape index (κ3) is 4.73. The molecule has 0 bridgehead atoms. The molecule has 0 unspecified atom stereocenters. The number of aryl methyl sites for hydroxylation is 2. The van der Waals surface area contributed by atoms with Crippen LogP contribution < -0.4 is 10.1 Å². The maximum Gasteiger partial charge on any atom is 0.311 e. The summed E-state index contributed by atoms with van der Waals surface area (Å²) in [7, 11) is 1.64. The van der Waals surface area contributed by atoms with Crippen LogP contribution in [-0.2, 0) is 16.0 Å². The molecule has 32 heavy (non-hydrogen) atoms. The van der Waals surface area contributed by atoms with Crippen LogP contribution in [0.25, 0.3) is 22.3 Å². The highest BCUT2D eigenvalue weighted by Crippen LogP contribution is 2.27. The number of carbonyl (C=O) groups is 1. The Bertz CT molecular complexity index is 1340. The van der Waals surface area contributed by atoms with Gasteiger partial charge in [-0.2, -0.15) is 0 Å². The van der Waals surface area contributed by atoms with Crippen LogP contribution in [0.3, 0.4) is 0 Å². The van der Waals surface area contributed by atoms with Gasteiger partial charge in [0.05, 0.1) is 31.2 Å². The predicted octanol–water partition coefficient (Wildman–Crippen LogP) is 5.52. The molecule has 0 aliphatic rings. The van der Waals surface area contributed by atoms with Crippen molar-refractivity contribution in [3.8, 4) is 17.1 Å². The first-order chi connectivity index (χ1) is 15.5. The maximum absolute atomic E-state index is 11.8. The molecule has 7 heteroatoms. The zero-order chi connectivity index (χ0) is 22.7. The topological polar surface area (TPSA) is 73.9 Å². The lowest BCUT2D eigenvalue weighted by atomic mass is 10.0. The van der Waals surface area contributed by atoms with Crippen molar-refractivity contribution in [2.75, 3.05) is 13.7 Å². The molecule has 0 spiro atoms. The third-order valence-electron chi connectivity index (χ3n) is 4.95. The minimum atomic E-state index is -0.290. The first kappa shape index (κ1) is 21.8.